The second-order valence-corrected chi connectivity index (χ2v) is 5.75. The van der Waals surface area contributed by atoms with Crippen molar-refractivity contribution in [2.45, 2.75) is 25.5 Å². The van der Waals surface area contributed by atoms with Crippen LogP contribution in [0.1, 0.15) is 28.9 Å². The van der Waals surface area contributed by atoms with Crippen LogP contribution >= 0.6 is 0 Å². The fraction of sp³-hybridized carbons (Fsp3) is 0.333. The second kappa shape index (κ2) is 6.69. The number of ether oxygens (including phenoxy) is 1. The zero-order valence-corrected chi connectivity index (χ0v) is 13.1. The summed E-state index contributed by atoms with van der Waals surface area (Å²) in [5.41, 5.74) is 1.53. The summed E-state index contributed by atoms with van der Waals surface area (Å²) in [6.45, 7) is 0.831. The summed E-state index contributed by atoms with van der Waals surface area (Å²) < 4.78 is 7.17. The largest absolute Gasteiger partial charge is 0.459 e. The Morgan fingerprint density at radius 1 is 1.17 bits per heavy atom. The minimum Gasteiger partial charge on any atom is -0.459 e. The molecule has 5 nitrogen and oxygen atoms in total. The SMILES string of the molecule is Cn1cccc1C(=O)N1CCCC1C(=O)OCc1ccccc1. The van der Waals surface area contributed by atoms with Crippen LogP contribution in [0.15, 0.2) is 48.7 Å². The third kappa shape index (κ3) is 3.28. The van der Waals surface area contributed by atoms with Crippen molar-refractivity contribution in [3.05, 3.63) is 59.9 Å². The molecule has 23 heavy (non-hydrogen) atoms. The van der Waals surface area contributed by atoms with Gasteiger partial charge in [-0.2, -0.15) is 0 Å². The number of amides is 1. The van der Waals surface area contributed by atoms with Crippen molar-refractivity contribution in [2.24, 2.45) is 7.05 Å². The number of aromatic nitrogens is 1. The molecule has 3 rings (SSSR count). The molecule has 1 amide bonds. The van der Waals surface area contributed by atoms with Crippen molar-refractivity contribution in [2.75, 3.05) is 6.54 Å². The van der Waals surface area contributed by atoms with Crippen LogP contribution in [-0.2, 0) is 23.2 Å². The summed E-state index contributed by atoms with van der Waals surface area (Å²) in [7, 11) is 1.83. The lowest BCUT2D eigenvalue weighted by atomic mass is 10.2. The fourth-order valence-corrected chi connectivity index (χ4v) is 2.91. The molecule has 1 aliphatic heterocycles. The van der Waals surface area contributed by atoms with Crippen LogP contribution in [0, 0.1) is 0 Å². The molecule has 0 radical (unpaired) electrons. The van der Waals surface area contributed by atoms with E-state index in [9.17, 15) is 9.59 Å². The number of aryl methyl sites for hydroxylation is 1. The maximum absolute atomic E-state index is 12.6. The Morgan fingerprint density at radius 2 is 1.96 bits per heavy atom. The van der Waals surface area contributed by atoms with Gasteiger partial charge >= 0.3 is 5.97 Å². The van der Waals surface area contributed by atoms with E-state index in [0.717, 1.165) is 12.0 Å². The van der Waals surface area contributed by atoms with E-state index in [1.54, 1.807) is 15.5 Å². The molecule has 1 fully saturated rings. The van der Waals surface area contributed by atoms with Gasteiger partial charge in [-0.3, -0.25) is 4.79 Å². The summed E-state index contributed by atoms with van der Waals surface area (Å²) in [5, 5.41) is 0. The first-order valence-electron chi connectivity index (χ1n) is 7.79. The predicted octanol–water partition coefficient (Wildman–Crippen LogP) is 2.37. The van der Waals surface area contributed by atoms with Crippen LogP contribution in [0.25, 0.3) is 0 Å². The quantitative estimate of drug-likeness (QED) is 0.815. The topological polar surface area (TPSA) is 51.5 Å². The third-order valence-electron chi connectivity index (χ3n) is 4.17. The second-order valence-electron chi connectivity index (χ2n) is 5.75. The van der Waals surface area contributed by atoms with E-state index in [-0.39, 0.29) is 18.5 Å². The maximum Gasteiger partial charge on any atom is 0.329 e. The van der Waals surface area contributed by atoms with Gasteiger partial charge in [0.1, 0.15) is 18.3 Å². The molecule has 2 aromatic rings. The van der Waals surface area contributed by atoms with E-state index in [2.05, 4.69) is 0 Å². The summed E-state index contributed by atoms with van der Waals surface area (Å²) in [5.74, 6) is -0.439. The maximum atomic E-state index is 12.6. The van der Waals surface area contributed by atoms with Crippen LogP contribution in [0.3, 0.4) is 0 Å². The first kappa shape index (κ1) is 15.3. The van der Waals surface area contributed by atoms with Crippen LogP contribution < -0.4 is 0 Å². The Labute approximate surface area is 135 Å². The number of rotatable bonds is 4. The van der Waals surface area contributed by atoms with Gasteiger partial charge in [-0.25, -0.2) is 4.79 Å². The number of esters is 1. The zero-order chi connectivity index (χ0) is 16.2. The van der Waals surface area contributed by atoms with E-state index in [4.69, 9.17) is 4.74 Å². The van der Waals surface area contributed by atoms with Gasteiger partial charge in [-0.05, 0) is 30.5 Å². The molecule has 0 aliphatic carbocycles. The van der Waals surface area contributed by atoms with Gasteiger partial charge in [-0.1, -0.05) is 30.3 Å². The molecule has 1 aromatic carbocycles. The Balaban J connectivity index is 1.65. The van der Waals surface area contributed by atoms with Gasteiger partial charge < -0.3 is 14.2 Å². The normalized spacial score (nSPS) is 17.3. The molecule has 1 aromatic heterocycles. The Kier molecular flexibility index (Phi) is 4.46. The van der Waals surface area contributed by atoms with Crippen LogP contribution in [-0.4, -0.2) is 33.9 Å². The van der Waals surface area contributed by atoms with Crippen molar-refractivity contribution in [1.82, 2.24) is 9.47 Å². The van der Waals surface area contributed by atoms with Crippen molar-refractivity contribution < 1.29 is 14.3 Å². The molecule has 1 aliphatic rings. The van der Waals surface area contributed by atoms with E-state index in [0.29, 0.717) is 18.7 Å². The first-order valence-corrected chi connectivity index (χ1v) is 7.79. The van der Waals surface area contributed by atoms with E-state index in [1.165, 1.54) is 0 Å². The highest BCUT2D eigenvalue weighted by molar-refractivity contribution is 5.96. The standard InChI is InChI=1S/C18H20N2O3/c1-19-11-5-9-15(19)17(21)20-12-6-10-16(20)18(22)23-13-14-7-3-2-4-8-14/h2-5,7-9,11,16H,6,10,12-13H2,1H3. The number of hydrogen-bond acceptors (Lipinski definition) is 3. The van der Waals surface area contributed by atoms with E-state index in [1.807, 2.05) is 49.6 Å². The third-order valence-corrected chi connectivity index (χ3v) is 4.17. The Morgan fingerprint density at radius 3 is 2.65 bits per heavy atom. The van der Waals surface area contributed by atoms with Gasteiger partial charge in [0.2, 0.25) is 0 Å². The molecular formula is C18H20N2O3. The Hall–Kier alpha value is -2.56. The lowest BCUT2D eigenvalue weighted by Crippen LogP contribution is -2.42. The molecule has 1 saturated heterocycles. The average Bonchev–Trinajstić information content (AvgIpc) is 3.22. The zero-order valence-electron chi connectivity index (χ0n) is 13.1. The number of hydrogen-bond donors (Lipinski definition) is 0. The summed E-state index contributed by atoms with van der Waals surface area (Å²) >= 11 is 0. The van der Waals surface area contributed by atoms with Gasteiger partial charge in [0.15, 0.2) is 0 Å². The first-order chi connectivity index (χ1) is 11.2. The molecule has 0 spiro atoms. The fourth-order valence-electron chi connectivity index (χ4n) is 2.91. The molecule has 0 bridgehead atoms. The van der Waals surface area contributed by atoms with Gasteiger partial charge in [0.25, 0.3) is 5.91 Å². The van der Waals surface area contributed by atoms with Crippen molar-refractivity contribution >= 4 is 11.9 Å². The van der Waals surface area contributed by atoms with Crippen molar-refractivity contribution in [3.8, 4) is 0 Å². The summed E-state index contributed by atoms with van der Waals surface area (Å²) in [4.78, 5) is 26.6. The van der Waals surface area contributed by atoms with Crippen molar-refractivity contribution in [1.29, 1.82) is 0 Å². The highest BCUT2D eigenvalue weighted by atomic mass is 16.5. The van der Waals surface area contributed by atoms with Crippen molar-refractivity contribution in [3.63, 3.8) is 0 Å². The van der Waals surface area contributed by atoms with Crippen LogP contribution in [0.4, 0.5) is 0 Å². The summed E-state index contributed by atoms with van der Waals surface area (Å²) in [6, 6.07) is 12.7. The highest BCUT2D eigenvalue weighted by Gasteiger charge is 2.36. The van der Waals surface area contributed by atoms with E-state index >= 15 is 0 Å². The number of carbonyl (C=O) groups excluding carboxylic acids is 2. The van der Waals surface area contributed by atoms with E-state index < -0.39 is 6.04 Å². The molecule has 2 heterocycles. The van der Waals surface area contributed by atoms with Gasteiger partial charge in [0.05, 0.1) is 0 Å². The molecular weight excluding hydrogens is 292 g/mol. The highest BCUT2D eigenvalue weighted by Crippen LogP contribution is 2.21. The van der Waals surface area contributed by atoms with Crippen LogP contribution in [0.2, 0.25) is 0 Å². The number of carbonyl (C=O) groups is 2. The minimum absolute atomic E-state index is 0.114. The summed E-state index contributed by atoms with van der Waals surface area (Å²) in [6.07, 6.45) is 3.30. The lowest BCUT2D eigenvalue weighted by molar-refractivity contribution is -0.149. The lowest BCUT2D eigenvalue weighted by Gasteiger charge is -2.23. The number of likely N-dealkylation sites (tertiary alicyclic amines) is 1. The monoisotopic (exact) mass is 312 g/mol. The molecule has 0 N–H and O–H groups in total. The minimum atomic E-state index is -0.485. The number of nitrogens with zero attached hydrogens (tertiary/aromatic N) is 2. The average molecular weight is 312 g/mol. The molecule has 120 valence electrons. The van der Waals surface area contributed by atoms with Gasteiger partial charge in [-0.15, -0.1) is 0 Å². The number of benzene rings is 1. The molecule has 5 heteroatoms. The Bertz CT molecular complexity index is 693. The van der Waals surface area contributed by atoms with Crippen LogP contribution in [0.5, 0.6) is 0 Å². The predicted molar refractivity (Wildman–Crippen MR) is 85.7 cm³/mol. The smallest absolute Gasteiger partial charge is 0.329 e. The molecule has 0 saturated carbocycles. The molecule has 1 atom stereocenters. The molecule has 1 unspecified atom stereocenters. The van der Waals surface area contributed by atoms with Gasteiger partial charge in [0, 0.05) is 19.8 Å².